The lowest BCUT2D eigenvalue weighted by Gasteiger charge is -2.33. The Hall–Kier alpha value is -2.58. The number of piperidine rings is 1. The number of halogens is 3. The fourth-order valence-electron chi connectivity index (χ4n) is 2.97. The van der Waals surface area contributed by atoms with E-state index in [1.807, 2.05) is 18.0 Å². The molecule has 2 aromatic rings. The van der Waals surface area contributed by atoms with Gasteiger partial charge in [-0.3, -0.25) is 4.79 Å². The standard InChI is InChI=1S/C15H16F3N5S.CH3NO/c1-21-8-2-4-23(5-3-8)11-6-9(15(16,17)18)12-13(20)10(7-19)24-14(12)22-11;2-1-3/h6,8,21H,2-5,20H2,1H3;1H,(H2,2,3). The number of primary amides is 1. The lowest BCUT2D eigenvalue weighted by atomic mass is 10.0. The van der Waals surface area contributed by atoms with E-state index in [2.05, 4.69) is 16.0 Å². The summed E-state index contributed by atoms with van der Waals surface area (Å²) in [4.78, 5) is 15.0. The number of amides is 1. The molecular formula is C16H19F3N6OS. The number of alkyl halides is 3. The van der Waals surface area contributed by atoms with E-state index >= 15 is 0 Å². The van der Waals surface area contributed by atoms with Gasteiger partial charge in [0.1, 0.15) is 21.6 Å². The lowest BCUT2D eigenvalue weighted by Crippen LogP contribution is -2.41. The van der Waals surface area contributed by atoms with Crippen molar-refractivity contribution >= 4 is 39.5 Å². The van der Waals surface area contributed by atoms with Gasteiger partial charge in [0.05, 0.1) is 11.3 Å². The molecule has 2 aromatic heterocycles. The van der Waals surface area contributed by atoms with Crippen LogP contribution in [0.4, 0.5) is 24.7 Å². The zero-order valence-corrected chi connectivity index (χ0v) is 15.3. The molecule has 0 saturated carbocycles. The summed E-state index contributed by atoms with van der Waals surface area (Å²) in [5, 5.41) is 12.1. The van der Waals surface area contributed by atoms with E-state index in [9.17, 15) is 13.2 Å². The van der Waals surface area contributed by atoms with Gasteiger partial charge < -0.3 is 21.7 Å². The van der Waals surface area contributed by atoms with Crippen LogP contribution < -0.4 is 21.7 Å². The summed E-state index contributed by atoms with van der Waals surface area (Å²) in [6, 6.07) is 3.26. The summed E-state index contributed by atoms with van der Waals surface area (Å²) in [6.07, 6.45) is -2.62. The minimum Gasteiger partial charge on any atom is -0.396 e. The van der Waals surface area contributed by atoms with Crippen LogP contribution in [0, 0.1) is 11.3 Å². The first-order chi connectivity index (χ1) is 12.8. The van der Waals surface area contributed by atoms with Crippen molar-refractivity contribution in [2.24, 2.45) is 5.73 Å². The van der Waals surface area contributed by atoms with Crippen LogP contribution >= 0.6 is 11.3 Å². The van der Waals surface area contributed by atoms with Gasteiger partial charge >= 0.3 is 6.18 Å². The highest BCUT2D eigenvalue weighted by Gasteiger charge is 2.36. The number of nitriles is 1. The maximum atomic E-state index is 13.5. The number of anilines is 2. The number of hydrogen-bond donors (Lipinski definition) is 3. The van der Waals surface area contributed by atoms with Gasteiger partial charge in [-0.25, -0.2) is 4.98 Å². The molecule has 0 radical (unpaired) electrons. The average molecular weight is 400 g/mol. The first-order valence-corrected chi connectivity index (χ1v) is 8.86. The molecule has 1 aliphatic heterocycles. The van der Waals surface area contributed by atoms with Crippen molar-refractivity contribution in [3.05, 3.63) is 16.5 Å². The van der Waals surface area contributed by atoms with Crippen molar-refractivity contribution in [1.29, 1.82) is 5.26 Å². The summed E-state index contributed by atoms with van der Waals surface area (Å²) < 4.78 is 40.5. The Kier molecular flexibility index (Phi) is 6.45. The van der Waals surface area contributed by atoms with E-state index in [4.69, 9.17) is 15.8 Å². The molecule has 0 spiro atoms. The molecule has 1 fully saturated rings. The Morgan fingerprint density at radius 1 is 1.44 bits per heavy atom. The first kappa shape index (κ1) is 20.7. The minimum absolute atomic E-state index is 0.0639. The van der Waals surface area contributed by atoms with Crippen LogP contribution in [-0.4, -0.2) is 37.6 Å². The topological polar surface area (TPSA) is 121 Å². The predicted molar refractivity (Wildman–Crippen MR) is 98.3 cm³/mol. The highest BCUT2D eigenvalue weighted by atomic mass is 32.1. The van der Waals surface area contributed by atoms with Gasteiger partial charge in [-0.05, 0) is 26.0 Å². The van der Waals surface area contributed by atoms with E-state index in [-0.39, 0.29) is 33.0 Å². The van der Waals surface area contributed by atoms with Gasteiger partial charge in [0, 0.05) is 24.5 Å². The van der Waals surface area contributed by atoms with Gasteiger partial charge in [-0.1, -0.05) is 0 Å². The quantitative estimate of drug-likeness (QED) is 0.664. The van der Waals surface area contributed by atoms with Crippen molar-refractivity contribution in [2.75, 3.05) is 30.8 Å². The molecule has 1 saturated heterocycles. The molecule has 146 valence electrons. The lowest BCUT2D eigenvalue weighted by molar-refractivity contribution is -0.136. The van der Waals surface area contributed by atoms with Crippen molar-refractivity contribution in [3.63, 3.8) is 0 Å². The minimum atomic E-state index is -4.55. The Labute approximate surface area is 157 Å². The smallest absolute Gasteiger partial charge is 0.396 e. The number of aromatic nitrogens is 1. The molecule has 0 aliphatic carbocycles. The number of thiophene rings is 1. The molecule has 27 heavy (non-hydrogen) atoms. The van der Waals surface area contributed by atoms with Gasteiger partial charge in [0.15, 0.2) is 0 Å². The highest BCUT2D eigenvalue weighted by molar-refractivity contribution is 7.19. The monoisotopic (exact) mass is 400 g/mol. The molecular weight excluding hydrogens is 381 g/mol. The van der Waals surface area contributed by atoms with Gasteiger partial charge in [0.25, 0.3) is 0 Å². The molecule has 3 rings (SSSR count). The van der Waals surface area contributed by atoms with E-state index in [0.717, 1.165) is 30.2 Å². The summed E-state index contributed by atoms with van der Waals surface area (Å²) in [5.41, 5.74) is 8.94. The Balaban J connectivity index is 0.000000817. The second-order valence-electron chi connectivity index (χ2n) is 5.85. The van der Waals surface area contributed by atoms with Crippen LogP contribution in [0.15, 0.2) is 6.07 Å². The number of carbonyl (C=O) groups excluding carboxylic acids is 1. The summed E-state index contributed by atoms with van der Waals surface area (Å²) >= 11 is 0.901. The third kappa shape index (κ3) is 4.40. The fourth-order valence-corrected chi connectivity index (χ4v) is 3.89. The molecule has 0 unspecified atom stereocenters. The molecule has 0 aromatic carbocycles. The maximum absolute atomic E-state index is 13.5. The predicted octanol–water partition coefficient (Wildman–Crippen LogP) is 2.06. The maximum Gasteiger partial charge on any atom is 0.417 e. The van der Waals surface area contributed by atoms with Gasteiger partial charge in [0.2, 0.25) is 6.41 Å². The normalized spacial score (nSPS) is 15.1. The second-order valence-corrected chi connectivity index (χ2v) is 6.85. The molecule has 1 aliphatic rings. The third-order valence-electron chi connectivity index (χ3n) is 4.32. The zero-order chi connectivity index (χ0) is 20.2. The molecule has 3 heterocycles. The van der Waals surface area contributed by atoms with E-state index in [1.165, 1.54) is 0 Å². The first-order valence-electron chi connectivity index (χ1n) is 8.04. The number of nitrogens with one attached hydrogen (secondary N) is 1. The molecule has 0 atom stereocenters. The molecule has 0 bridgehead atoms. The highest BCUT2D eigenvalue weighted by Crippen LogP contribution is 2.43. The number of rotatable bonds is 2. The zero-order valence-electron chi connectivity index (χ0n) is 14.5. The van der Waals surface area contributed by atoms with Crippen molar-refractivity contribution in [1.82, 2.24) is 10.3 Å². The van der Waals surface area contributed by atoms with Crippen LogP contribution in [0.25, 0.3) is 10.2 Å². The third-order valence-corrected chi connectivity index (χ3v) is 5.32. The Bertz CT molecular complexity index is 852. The summed E-state index contributed by atoms with van der Waals surface area (Å²) in [7, 11) is 1.88. The fraction of sp³-hybridized carbons (Fsp3) is 0.438. The van der Waals surface area contributed by atoms with E-state index < -0.39 is 11.7 Å². The van der Waals surface area contributed by atoms with Crippen LogP contribution in [0.5, 0.6) is 0 Å². The van der Waals surface area contributed by atoms with Crippen molar-refractivity contribution < 1.29 is 18.0 Å². The largest absolute Gasteiger partial charge is 0.417 e. The second kappa shape index (κ2) is 8.41. The number of nitrogens with two attached hydrogens (primary N) is 2. The molecule has 1 amide bonds. The van der Waals surface area contributed by atoms with Crippen molar-refractivity contribution in [2.45, 2.75) is 25.1 Å². The number of nitrogen functional groups attached to an aromatic ring is 1. The van der Waals surface area contributed by atoms with Crippen LogP contribution in [0.3, 0.4) is 0 Å². The van der Waals surface area contributed by atoms with Crippen LogP contribution in [0.2, 0.25) is 0 Å². The number of fused-ring (bicyclic) bond motifs is 1. The van der Waals surface area contributed by atoms with Crippen LogP contribution in [0.1, 0.15) is 23.3 Å². The number of hydrogen-bond acceptors (Lipinski definition) is 7. The molecule has 7 nitrogen and oxygen atoms in total. The number of carbonyl (C=O) groups is 1. The van der Waals surface area contributed by atoms with Crippen molar-refractivity contribution in [3.8, 4) is 6.07 Å². The van der Waals surface area contributed by atoms with E-state index in [1.54, 1.807) is 0 Å². The Morgan fingerprint density at radius 3 is 2.52 bits per heavy atom. The average Bonchev–Trinajstić information content (AvgIpc) is 2.97. The summed E-state index contributed by atoms with van der Waals surface area (Å²) in [5.74, 6) is 0.287. The molecule has 5 N–H and O–H groups in total. The number of pyridine rings is 1. The Morgan fingerprint density at radius 2 is 2.04 bits per heavy atom. The van der Waals surface area contributed by atoms with Gasteiger partial charge in [-0.2, -0.15) is 18.4 Å². The number of nitrogens with zero attached hydrogens (tertiary/aromatic N) is 3. The van der Waals surface area contributed by atoms with Crippen LogP contribution in [-0.2, 0) is 11.0 Å². The van der Waals surface area contributed by atoms with Gasteiger partial charge in [-0.15, -0.1) is 11.3 Å². The summed E-state index contributed by atoms with van der Waals surface area (Å²) in [6.45, 7) is 1.26. The molecule has 11 heteroatoms. The van der Waals surface area contributed by atoms with E-state index in [0.29, 0.717) is 19.1 Å². The SMILES string of the molecule is CNC1CCN(c2cc(C(F)(F)F)c3c(N)c(C#N)sc3n2)CC1.NC=O.